The van der Waals surface area contributed by atoms with Crippen LogP contribution in [0.2, 0.25) is 0 Å². The third-order valence-electron chi connectivity index (χ3n) is 2.70. The lowest BCUT2D eigenvalue weighted by molar-refractivity contribution is 1.25. The summed E-state index contributed by atoms with van der Waals surface area (Å²) in [6.07, 6.45) is 5.43. The Balaban J connectivity index is 2.03. The molecule has 0 saturated carbocycles. The molecular weight excluding hydrogens is 242 g/mol. The van der Waals surface area contributed by atoms with Gasteiger partial charge in [-0.1, -0.05) is 6.07 Å². The van der Waals surface area contributed by atoms with Crippen LogP contribution in [0.1, 0.15) is 5.56 Å². The van der Waals surface area contributed by atoms with E-state index in [-0.39, 0.29) is 0 Å². The van der Waals surface area contributed by atoms with Crippen molar-refractivity contribution in [2.24, 2.45) is 0 Å². The first kappa shape index (κ1) is 11.0. The van der Waals surface area contributed by atoms with Crippen molar-refractivity contribution >= 4 is 11.3 Å². The van der Waals surface area contributed by atoms with E-state index in [1.54, 1.807) is 23.7 Å². The van der Waals surface area contributed by atoms with Gasteiger partial charge in [-0.15, -0.1) is 11.3 Å². The molecule has 3 nitrogen and oxygen atoms in total. The van der Waals surface area contributed by atoms with Crippen LogP contribution < -0.4 is 0 Å². The molecule has 0 spiro atoms. The summed E-state index contributed by atoms with van der Waals surface area (Å²) in [6.45, 7) is 2.07. The zero-order valence-electron chi connectivity index (χ0n) is 9.87. The van der Waals surface area contributed by atoms with Crippen LogP contribution in [-0.2, 0) is 0 Å². The molecule has 0 unspecified atom stereocenters. The quantitative estimate of drug-likeness (QED) is 0.700. The summed E-state index contributed by atoms with van der Waals surface area (Å²) in [5, 5.41) is 2.99. The highest BCUT2D eigenvalue weighted by molar-refractivity contribution is 7.13. The Labute approximate surface area is 109 Å². The summed E-state index contributed by atoms with van der Waals surface area (Å²) in [4.78, 5) is 13.1. The van der Waals surface area contributed by atoms with Crippen LogP contribution in [-0.4, -0.2) is 15.0 Å². The van der Waals surface area contributed by atoms with Crippen molar-refractivity contribution in [1.82, 2.24) is 15.0 Å². The standard InChI is InChI=1S/C14H11N3S/c1-10-5-7-15-8-11(10)13-9-18-14(17-13)12-4-2-3-6-16-12/h2-9H,1H3. The molecule has 0 amide bonds. The van der Waals surface area contributed by atoms with E-state index >= 15 is 0 Å². The fourth-order valence-corrected chi connectivity index (χ4v) is 2.53. The predicted octanol–water partition coefficient (Wildman–Crippen LogP) is 3.58. The Kier molecular flexibility index (Phi) is 2.86. The summed E-state index contributed by atoms with van der Waals surface area (Å²) < 4.78 is 0. The number of aromatic nitrogens is 3. The van der Waals surface area contributed by atoms with Crippen LogP contribution in [0, 0.1) is 6.92 Å². The van der Waals surface area contributed by atoms with Crippen molar-refractivity contribution in [3.05, 3.63) is 53.8 Å². The highest BCUT2D eigenvalue weighted by Crippen LogP contribution is 2.28. The van der Waals surface area contributed by atoms with Crippen LogP contribution in [0.15, 0.2) is 48.2 Å². The minimum Gasteiger partial charge on any atom is -0.264 e. The molecule has 0 N–H and O–H groups in total. The molecule has 0 aromatic carbocycles. The van der Waals surface area contributed by atoms with Gasteiger partial charge in [0.25, 0.3) is 0 Å². The van der Waals surface area contributed by atoms with Gasteiger partial charge in [-0.05, 0) is 30.7 Å². The number of rotatable bonds is 2. The predicted molar refractivity (Wildman–Crippen MR) is 73.3 cm³/mol. The molecule has 3 aromatic rings. The van der Waals surface area contributed by atoms with E-state index in [9.17, 15) is 0 Å². The molecule has 3 rings (SSSR count). The van der Waals surface area contributed by atoms with Crippen molar-refractivity contribution < 1.29 is 0 Å². The zero-order chi connectivity index (χ0) is 12.4. The van der Waals surface area contributed by atoms with E-state index in [2.05, 4.69) is 21.9 Å². The molecule has 0 fully saturated rings. The van der Waals surface area contributed by atoms with Crippen molar-refractivity contribution in [3.63, 3.8) is 0 Å². The summed E-state index contributed by atoms with van der Waals surface area (Å²) >= 11 is 1.60. The molecule has 0 aliphatic carbocycles. The average Bonchev–Trinajstić information content (AvgIpc) is 2.90. The van der Waals surface area contributed by atoms with Gasteiger partial charge in [0.15, 0.2) is 0 Å². The normalized spacial score (nSPS) is 10.5. The van der Waals surface area contributed by atoms with Gasteiger partial charge in [-0.3, -0.25) is 9.97 Å². The molecule has 3 heterocycles. The van der Waals surface area contributed by atoms with Gasteiger partial charge in [0.2, 0.25) is 0 Å². The number of thiazole rings is 1. The Hall–Kier alpha value is -2.07. The van der Waals surface area contributed by atoms with E-state index < -0.39 is 0 Å². The van der Waals surface area contributed by atoms with Gasteiger partial charge >= 0.3 is 0 Å². The van der Waals surface area contributed by atoms with Crippen molar-refractivity contribution in [2.45, 2.75) is 6.92 Å². The molecule has 0 radical (unpaired) electrons. The number of aryl methyl sites for hydroxylation is 1. The van der Waals surface area contributed by atoms with Crippen LogP contribution in [0.3, 0.4) is 0 Å². The fraction of sp³-hybridized carbons (Fsp3) is 0.0714. The van der Waals surface area contributed by atoms with Gasteiger partial charge in [0.1, 0.15) is 5.01 Å². The number of pyridine rings is 2. The highest BCUT2D eigenvalue weighted by Gasteiger charge is 2.08. The Morgan fingerprint density at radius 1 is 1.06 bits per heavy atom. The maximum absolute atomic E-state index is 4.63. The second-order valence-corrected chi connectivity index (χ2v) is 4.80. The minimum absolute atomic E-state index is 0.912. The van der Waals surface area contributed by atoms with Gasteiger partial charge in [0, 0.05) is 29.5 Å². The average molecular weight is 253 g/mol. The Morgan fingerprint density at radius 3 is 2.78 bits per heavy atom. The van der Waals surface area contributed by atoms with Gasteiger partial charge in [0.05, 0.1) is 11.4 Å². The lowest BCUT2D eigenvalue weighted by atomic mass is 10.1. The molecule has 0 aliphatic heterocycles. The van der Waals surface area contributed by atoms with Gasteiger partial charge in [-0.2, -0.15) is 0 Å². The molecule has 88 valence electrons. The van der Waals surface area contributed by atoms with Crippen molar-refractivity contribution in [3.8, 4) is 22.0 Å². The maximum Gasteiger partial charge on any atom is 0.142 e. The second-order valence-electron chi connectivity index (χ2n) is 3.94. The summed E-state index contributed by atoms with van der Waals surface area (Å²) in [5.74, 6) is 0. The van der Waals surface area contributed by atoms with E-state index in [4.69, 9.17) is 0 Å². The van der Waals surface area contributed by atoms with Crippen molar-refractivity contribution in [1.29, 1.82) is 0 Å². The van der Waals surface area contributed by atoms with E-state index in [1.165, 1.54) is 5.56 Å². The highest BCUT2D eigenvalue weighted by atomic mass is 32.1. The molecule has 0 bridgehead atoms. The van der Waals surface area contributed by atoms with E-state index in [0.717, 1.165) is 22.0 Å². The fourth-order valence-electron chi connectivity index (χ4n) is 1.74. The zero-order valence-corrected chi connectivity index (χ0v) is 10.7. The summed E-state index contributed by atoms with van der Waals surface area (Å²) in [5.41, 5.74) is 4.14. The monoisotopic (exact) mass is 253 g/mol. The lowest BCUT2D eigenvalue weighted by Gasteiger charge is -1.99. The van der Waals surface area contributed by atoms with Crippen LogP contribution in [0.5, 0.6) is 0 Å². The second kappa shape index (κ2) is 4.66. The molecule has 4 heteroatoms. The number of hydrogen-bond acceptors (Lipinski definition) is 4. The van der Waals surface area contributed by atoms with E-state index in [1.807, 2.05) is 35.8 Å². The summed E-state index contributed by atoms with van der Waals surface area (Å²) in [7, 11) is 0. The largest absolute Gasteiger partial charge is 0.264 e. The minimum atomic E-state index is 0.912. The van der Waals surface area contributed by atoms with Crippen LogP contribution in [0.4, 0.5) is 0 Å². The van der Waals surface area contributed by atoms with Crippen LogP contribution >= 0.6 is 11.3 Å². The first-order valence-electron chi connectivity index (χ1n) is 5.62. The molecule has 18 heavy (non-hydrogen) atoms. The smallest absolute Gasteiger partial charge is 0.142 e. The molecule has 3 aromatic heterocycles. The number of nitrogens with zero attached hydrogens (tertiary/aromatic N) is 3. The topological polar surface area (TPSA) is 38.7 Å². The van der Waals surface area contributed by atoms with Crippen LogP contribution in [0.25, 0.3) is 22.0 Å². The third kappa shape index (κ3) is 2.02. The lowest BCUT2D eigenvalue weighted by Crippen LogP contribution is -1.85. The van der Waals surface area contributed by atoms with Gasteiger partial charge < -0.3 is 0 Å². The molecular formula is C14H11N3S. The summed E-state index contributed by atoms with van der Waals surface area (Å²) in [6, 6.07) is 7.84. The number of hydrogen-bond donors (Lipinski definition) is 0. The van der Waals surface area contributed by atoms with E-state index in [0.29, 0.717) is 0 Å². The maximum atomic E-state index is 4.63. The first-order chi connectivity index (χ1) is 8.84. The third-order valence-corrected chi connectivity index (χ3v) is 3.57. The SMILES string of the molecule is Cc1ccncc1-c1csc(-c2ccccn2)n1. The Bertz CT molecular complexity index is 662. The molecule has 0 saturated heterocycles. The van der Waals surface area contributed by atoms with Gasteiger partial charge in [-0.25, -0.2) is 4.98 Å². The Morgan fingerprint density at radius 2 is 2.00 bits per heavy atom. The first-order valence-corrected chi connectivity index (χ1v) is 6.50. The van der Waals surface area contributed by atoms with Crippen molar-refractivity contribution in [2.75, 3.05) is 0 Å². The molecule has 0 atom stereocenters. The molecule has 0 aliphatic rings.